The fraction of sp³-hybridized carbons (Fsp3) is 0.100. The fourth-order valence-corrected chi connectivity index (χ4v) is 2.76. The van der Waals surface area contributed by atoms with E-state index >= 15 is 0 Å². The SMILES string of the molecule is COC(=O)c1cc(NC(=O)c2ccn(-c3cccc(Cl)c3)n2)cc(C(=O)OC)c1. The zero-order valence-corrected chi connectivity index (χ0v) is 16.3. The van der Waals surface area contributed by atoms with Crippen LogP contribution < -0.4 is 5.32 Å². The largest absolute Gasteiger partial charge is 0.465 e. The maximum absolute atomic E-state index is 12.6. The summed E-state index contributed by atoms with van der Waals surface area (Å²) in [7, 11) is 2.43. The van der Waals surface area contributed by atoms with Crippen LogP contribution in [0.3, 0.4) is 0 Å². The van der Waals surface area contributed by atoms with Crippen LogP contribution in [0.15, 0.2) is 54.7 Å². The van der Waals surface area contributed by atoms with Crippen molar-refractivity contribution in [3.8, 4) is 5.69 Å². The molecule has 1 N–H and O–H groups in total. The number of amides is 1. The fourth-order valence-electron chi connectivity index (χ4n) is 2.57. The minimum absolute atomic E-state index is 0.0927. The molecule has 8 nitrogen and oxygen atoms in total. The lowest BCUT2D eigenvalue weighted by Crippen LogP contribution is -2.15. The number of carbonyl (C=O) groups excluding carboxylic acids is 3. The molecule has 1 aromatic heterocycles. The number of methoxy groups -OCH3 is 2. The number of nitrogens with one attached hydrogen (secondary N) is 1. The van der Waals surface area contributed by atoms with Gasteiger partial charge < -0.3 is 14.8 Å². The number of hydrogen-bond acceptors (Lipinski definition) is 6. The number of rotatable bonds is 5. The van der Waals surface area contributed by atoms with E-state index in [4.69, 9.17) is 11.6 Å². The third-order valence-corrected chi connectivity index (χ3v) is 4.16. The van der Waals surface area contributed by atoms with Crippen molar-refractivity contribution in [1.82, 2.24) is 9.78 Å². The summed E-state index contributed by atoms with van der Waals surface area (Å²) in [6, 6.07) is 12.6. The van der Waals surface area contributed by atoms with Crippen molar-refractivity contribution in [2.75, 3.05) is 19.5 Å². The zero-order chi connectivity index (χ0) is 21.0. The highest BCUT2D eigenvalue weighted by atomic mass is 35.5. The van der Waals surface area contributed by atoms with Crippen LogP contribution in [-0.2, 0) is 9.47 Å². The summed E-state index contributed by atoms with van der Waals surface area (Å²) in [5.41, 5.74) is 1.23. The van der Waals surface area contributed by atoms with Crippen molar-refractivity contribution in [3.05, 3.63) is 76.6 Å². The van der Waals surface area contributed by atoms with Gasteiger partial charge in [0.25, 0.3) is 5.91 Å². The molecule has 0 radical (unpaired) electrons. The number of benzene rings is 2. The number of anilines is 1. The first-order chi connectivity index (χ1) is 13.9. The van der Waals surface area contributed by atoms with E-state index in [0.29, 0.717) is 10.7 Å². The molecule has 0 bridgehead atoms. The first-order valence-corrected chi connectivity index (χ1v) is 8.73. The van der Waals surface area contributed by atoms with E-state index in [-0.39, 0.29) is 22.5 Å². The predicted octanol–water partition coefficient (Wildman–Crippen LogP) is 3.35. The second-order valence-corrected chi connectivity index (χ2v) is 6.30. The van der Waals surface area contributed by atoms with Gasteiger partial charge in [-0.1, -0.05) is 17.7 Å². The molecule has 0 spiro atoms. The van der Waals surface area contributed by atoms with Gasteiger partial charge in [0.05, 0.1) is 31.0 Å². The van der Waals surface area contributed by atoms with Crippen molar-refractivity contribution in [2.45, 2.75) is 0 Å². The van der Waals surface area contributed by atoms with E-state index in [1.54, 1.807) is 30.5 Å². The molecule has 148 valence electrons. The number of esters is 2. The summed E-state index contributed by atoms with van der Waals surface area (Å²) in [5, 5.41) is 7.39. The lowest BCUT2D eigenvalue weighted by molar-refractivity contribution is 0.0599. The van der Waals surface area contributed by atoms with Gasteiger partial charge in [-0.15, -0.1) is 0 Å². The van der Waals surface area contributed by atoms with Crippen molar-refractivity contribution >= 4 is 35.1 Å². The maximum Gasteiger partial charge on any atom is 0.337 e. The highest BCUT2D eigenvalue weighted by Crippen LogP contribution is 2.19. The third-order valence-electron chi connectivity index (χ3n) is 3.93. The van der Waals surface area contributed by atoms with Crippen LogP contribution in [0.4, 0.5) is 5.69 Å². The second-order valence-electron chi connectivity index (χ2n) is 5.86. The number of aromatic nitrogens is 2. The van der Waals surface area contributed by atoms with Crippen LogP contribution in [0.2, 0.25) is 5.02 Å². The van der Waals surface area contributed by atoms with Gasteiger partial charge >= 0.3 is 11.9 Å². The molecule has 29 heavy (non-hydrogen) atoms. The number of hydrogen-bond donors (Lipinski definition) is 1. The topological polar surface area (TPSA) is 99.5 Å². The summed E-state index contributed by atoms with van der Waals surface area (Å²) in [6.45, 7) is 0. The normalized spacial score (nSPS) is 10.3. The van der Waals surface area contributed by atoms with Gasteiger partial charge in [0, 0.05) is 16.9 Å². The molecule has 0 atom stereocenters. The molecule has 0 aliphatic heterocycles. The zero-order valence-electron chi connectivity index (χ0n) is 15.5. The standard InChI is InChI=1S/C20H16ClN3O5/c1-28-19(26)12-8-13(20(27)29-2)10-15(9-12)22-18(25)17-6-7-24(23-17)16-5-3-4-14(21)11-16/h3-11H,1-2H3,(H,22,25). The Morgan fingerprint density at radius 1 is 0.966 bits per heavy atom. The Hall–Kier alpha value is -3.65. The summed E-state index contributed by atoms with van der Waals surface area (Å²) in [4.78, 5) is 36.3. The first kappa shape index (κ1) is 20.1. The molecule has 1 heterocycles. The quantitative estimate of drug-likeness (QED) is 0.644. The Morgan fingerprint density at radius 2 is 1.62 bits per heavy atom. The van der Waals surface area contributed by atoms with Gasteiger partial charge in [0.2, 0.25) is 0 Å². The minimum Gasteiger partial charge on any atom is -0.465 e. The first-order valence-electron chi connectivity index (χ1n) is 8.36. The van der Waals surface area contributed by atoms with Crippen LogP contribution in [0.25, 0.3) is 5.69 Å². The predicted molar refractivity (Wildman–Crippen MR) is 106 cm³/mol. The van der Waals surface area contributed by atoms with Crippen LogP contribution in [0.5, 0.6) is 0 Å². The number of ether oxygens (including phenoxy) is 2. The van der Waals surface area contributed by atoms with Gasteiger partial charge in [-0.2, -0.15) is 5.10 Å². The van der Waals surface area contributed by atoms with Crippen LogP contribution in [-0.4, -0.2) is 41.8 Å². The molecular formula is C20H16ClN3O5. The number of halogens is 1. The van der Waals surface area contributed by atoms with E-state index in [9.17, 15) is 14.4 Å². The molecule has 0 fully saturated rings. The Morgan fingerprint density at radius 3 is 2.21 bits per heavy atom. The molecule has 0 aliphatic carbocycles. The molecule has 0 aliphatic rings. The average molecular weight is 414 g/mol. The molecule has 3 rings (SSSR count). The van der Waals surface area contributed by atoms with Crippen LogP contribution in [0.1, 0.15) is 31.2 Å². The van der Waals surface area contributed by atoms with Crippen LogP contribution >= 0.6 is 11.6 Å². The van der Waals surface area contributed by atoms with Gasteiger partial charge in [0.1, 0.15) is 0 Å². The monoisotopic (exact) mass is 413 g/mol. The Balaban J connectivity index is 1.87. The molecule has 0 saturated carbocycles. The summed E-state index contributed by atoms with van der Waals surface area (Å²) < 4.78 is 10.9. The van der Waals surface area contributed by atoms with E-state index in [1.165, 1.54) is 43.2 Å². The Kier molecular flexibility index (Phi) is 5.94. The summed E-state index contributed by atoms with van der Waals surface area (Å²) in [5.74, 6) is -1.84. The van der Waals surface area contributed by atoms with Crippen molar-refractivity contribution in [1.29, 1.82) is 0 Å². The Labute approximate surface area is 171 Å². The molecule has 9 heteroatoms. The highest BCUT2D eigenvalue weighted by molar-refractivity contribution is 6.30. The second kappa shape index (κ2) is 8.57. The maximum atomic E-state index is 12.6. The van der Waals surface area contributed by atoms with Crippen molar-refractivity contribution in [2.24, 2.45) is 0 Å². The van der Waals surface area contributed by atoms with E-state index in [2.05, 4.69) is 19.9 Å². The van der Waals surface area contributed by atoms with Crippen molar-refractivity contribution < 1.29 is 23.9 Å². The molecule has 2 aromatic carbocycles. The molecule has 1 amide bonds. The lowest BCUT2D eigenvalue weighted by atomic mass is 10.1. The third kappa shape index (κ3) is 4.61. The molecule has 0 unspecified atom stereocenters. The lowest BCUT2D eigenvalue weighted by Gasteiger charge is -2.09. The van der Waals surface area contributed by atoms with Gasteiger partial charge in [-0.25, -0.2) is 14.3 Å². The van der Waals surface area contributed by atoms with E-state index in [1.807, 2.05) is 0 Å². The summed E-state index contributed by atoms with van der Waals surface area (Å²) in [6.07, 6.45) is 1.62. The number of carbonyl (C=O) groups is 3. The van der Waals surface area contributed by atoms with E-state index < -0.39 is 17.8 Å². The van der Waals surface area contributed by atoms with Gasteiger partial charge in [0.15, 0.2) is 5.69 Å². The van der Waals surface area contributed by atoms with Crippen molar-refractivity contribution in [3.63, 3.8) is 0 Å². The van der Waals surface area contributed by atoms with Gasteiger partial charge in [-0.3, -0.25) is 4.79 Å². The minimum atomic E-state index is -0.656. The Bertz CT molecular complexity index is 1060. The molecule has 0 saturated heterocycles. The highest BCUT2D eigenvalue weighted by Gasteiger charge is 2.16. The van der Waals surface area contributed by atoms with Crippen LogP contribution in [0, 0.1) is 0 Å². The van der Waals surface area contributed by atoms with E-state index in [0.717, 1.165) is 0 Å². The average Bonchev–Trinajstić information content (AvgIpc) is 3.23. The smallest absolute Gasteiger partial charge is 0.337 e. The number of nitrogens with zero attached hydrogens (tertiary/aromatic N) is 2. The summed E-state index contributed by atoms with van der Waals surface area (Å²) >= 11 is 5.98. The molecule has 3 aromatic rings. The van der Waals surface area contributed by atoms with Gasteiger partial charge in [-0.05, 0) is 42.5 Å². The molecular weight excluding hydrogens is 398 g/mol.